The highest BCUT2D eigenvalue weighted by atomic mass is 16.2. The molecule has 4 amide bonds. The van der Waals surface area contributed by atoms with Gasteiger partial charge in [0.25, 0.3) is 0 Å². The molecule has 1 aliphatic carbocycles. The Kier molecular flexibility index (Phi) is 6.55. The molecule has 0 radical (unpaired) electrons. The molecule has 22 heavy (non-hydrogen) atoms. The molecule has 1 saturated carbocycles. The maximum absolute atomic E-state index is 12.2. The van der Waals surface area contributed by atoms with Gasteiger partial charge in [0.2, 0.25) is 0 Å². The Bertz CT molecular complexity index is 386. The number of urea groups is 2. The van der Waals surface area contributed by atoms with E-state index in [0.717, 1.165) is 25.7 Å². The lowest BCUT2D eigenvalue weighted by Crippen LogP contribution is -2.52. The minimum absolute atomic E-state index is 0.0569. The molecule has 1 aliphatic heterocycles. The predicted octanol–water partition coefficient (Wildman–Crippen LogP) is 1.98. The second kappa shape index (κ2) is 8.66. The highest BCUT2D eigenvalue weighted by Gasteiger charge is 2.25. The van der Waals surface area contributed by atoms with Crippen LogP contribution in [0, 0.1) is 0 Å². The van der Waals surface area contributed by atoms with Crippen molar-refractivity contribution in [2.75, 3.05) is 19.6 Å². The number of piperidine rings is 1. The van der Waals surface area contributed by atoms with E-state index in [1.54, 1.807) is 6.08 Å². The van der Waals surface area contributed by atoms with Crippen LogP contribution in [0.15, 0.2) is 12.7 Å². The van der Waals surface area contributed by atoms with Crippen LogP contribution in [0.4, 0.5) is 9.59 Å². The van der Waals surface area contributed by atoms with Gasteiger partial charge in [0.1, 0.15) is 0 Å². The van der Waals surface area contributed by atoms with Gasteiger partial charge in [-0.15, -0.1) is 6.58 Å². The van der Waals surface area contributed by atoms with E-state index < -0.39 is 0 Å². The molecule has 6 nitrogen and oxygen atoms in total. The van der Waals surface area contributed by atoms with Gasteiger partial charge >= 0.3 is 12.1 Å². The van der Waals surface area contributed by atoms with E-state index in [-0.39, 0.29) is 18.1 Å². The zero-order valence-electron chi connectivity index (χ0n) is 13.3. The second-order valence-electron chi connectivity index (χ2n) is 6.19. The van der Waals surface area contributed by atoms with Gasteiger partial charge in [0, 0.05) is 31.7 Å². The van der Waals surface area contributed by atoms with Crippen molar-refractivity contribution in [3.05, 3.63) is 12.7 Å². The molecular formula is C16H28N4O2. The molecule has 0 atom stereocenters. The van der Waals surface area contributed by atoms with Gasteiger partial charge in [-0.3, -0.25) is 0 Å². The maximum Gasteiger partial charge on any atom is 0.317 e. The smallest absolute Gasteiger partial charge is 0.317 e. The molecule has 2 aliphatic rings. The van der Waals surface area contributed by atoms with Gasteiger partial charge in [-0.1, -0.05) is 25.3 Å². The molecule has 2 rings (SSSR count). The van der Waals surface area contributed by atoms with Crippen LogP contribution >= 0.6 is 0 Å². The summed E-state index contributed by atoms with van der Waals surface area (Å²) >= 11 is 0. The number of nitrogens with one attached hydrogen (secondary N) is 3. The predicted molar refractivity (Wildman–Crippen MR) is 86.7 cm³/mol. The van der Waals surface area contributed by atoms with Gasteiger partial charge in [-0.05, 0) is 25.7 Å². The Balaban J connectivity index is 1.66. The summed E-state index contributed by atoms with van der Waals surface area (Å²) in [4.78, 5) is 25.7. The van der Waals surface area contributed by atoms with E-state index in [2.05, 4.69) is 22.5 Å². The summed E-state index contributed by atoms with van der Waals surface area (Å²) in [5, 5.41) is 8.79. The van der Waals surface area contributed by atoms with Gasteiger partial charge in [-0.2, -0.15) is 0 Å². The van der Waals surface area contributed by atoms with Crippen LogP contribution in [-0.2, 0) is 0 Å². The molecule has 1 heterocycles. The third-order valence-corrected chi connectivity index (χ3v) is 4.46. The number of likely N-dealkylation sites (tertiary alicyclic amines) is 1. The molecule has 0 aromatic heterocycles. The lowest BCUT2D eigenvalue weighted by atomic mass is 9.95. The van der Waals surface area contributed by atoms with Crippen molar-refractivity contribution in [1.82, 2.24) is 20.9 Å². The van der Waals surface area contributed by atoms with E-state index in [1.165, 1.54) is 19.3 Å². The van der Waals surface area contributed by atoms with Crippen molar-refractivity contribution < 1.29 is 9.59 Å². The van der Waals surface area contributed by atoms with Gasteiger partial charge in [-0.25, -0.2) is 9.59 Å². The van der Waals surface area contributed by atoms with Crippen LogP contribution in [0.25, 0.3) is 0 Å². The number of hydrogen-bond donors (Lipinski definition) is 3. The fraction of sp³-hybridized carbons (Fsp3) is 0.750. The number of amides is 4. The molecule has 3 N–H and O–H groups in total. The van der Waals surface area contributed by atoms with Crippen LogP contribution in [0.3, 0.4) is 0 Å². The third kappa shape index (κ3) is 5.24. The monoisotopic (exact) mass is 308 g/mol. The summed E-state index contributed by atoms with van der Waals surface area (Å²) in [5.74, 6) is 0. The lowest BCUT2D eigenvalue weighted by Gasteiger charge is -2.34. The average Bonchev–Trinajstić information content (AvgIpc) is 2.54. The van der Waals surface area contributed by atoms with Crippen LogP contribution < -0.4 is 16.0 Å². The molecule has 124 valence electrons. The van der Waals surface area contributed by atoms with E-state index in [0.29, 0.717) is 25.7 Å². The minimum Gasteiger partial charge on any atom is -0.335 e. The molecule has 0 bridgehead atoms. The number of rotatable bonds is 4. The van der Waals surface area contributed by atoms with Crippen molar-refractivity contribution in [2.45, 2.75) is 57.0 Å². The van der Waals surface area contributed by atoms with Crippen LogP contribution in [0.1, 0.15) is 44.9 Å². The fourth-order valence-electron chi connectivity index (χ4n) is 3.14. The van der Waals surface area contributed by atoms with Gasteiger partial charge < -0.3 is 20.9 Å². The molecule has 0 spiro atoms. The van der Waals surface area contributed by atoms with Crippen molar-refractivity contribution in [1.29, 1.82) is 0 Å². The lowest BCUT2D eigenvalue weighted by molar-refractivity contribution is 0.170. The zero-order chi connectivity index (χ0) is 15.8. The standard InChI is InChI=1S/C16H28N4O2/c1-2-10-17-15(21)18-14-8-11-20(12-9-14)16(22)19-13-6-4-3-5-7-13/h2,13-14H,1,3-12H2,(H,19,22)(H2,17,18,21). The fourth-order valence-corrected chi connectivity index (χ4v) is 3.14. The molecule has 0 unspecified atom stereocenters. The first-order chi connectivity index (χ1) is 10.7. The first-order valence-corrected chi connectivity index (χ1v) is 8.39. The third-order valence-electron chi connectivity index (χ3n) is 4.46. The number of hydrogen-bond acceptors (Lipinski definition) is 2. The Labute approximate surface area is 132 Å². The normalized spacial score (nSPS) is 20.3. The van der Waals surface area contributed by atoms with Gasteiger partial charge in [0.15, 0.2) is 0 Å². The van der Waals surface area contributed by atoms with Crippen molar-refractivity contribution in [2.24, 2.45) is 0 Å². The van der Waals surface area contributed by atoms with E-state index in [4.69, 9.17) is 0 Å². The van der Waals surface area contributed by atoms with Crippen LogP contribution in [-0.4, -0.2) is 48.7 Å². The highest BCUT2D eigenvalue weighted by Crippen LogP contribution is 2.18. The number of carbonyl (C=O) groups excluding carboxylic acids is 2. The first kappa shape index (κ1) is 16.6. The molecule has 6 heteroatoms. The number of nitrogens with zero attached hydrogens (tertiary/aromatic N) is 1. The first-order valence-electron chi connectivity index (χ1n) is 8.39. The Morgan fingerprint density at radius 2 is 1.64 bits per heavy atom. The summed E-state index contributed by atoms with van der Waals surface area (Å²) in [7, 11) is 0. The Morgan fingerprint density at radius 1 is 1.00 bits per heavy atom. The van der Waals surface area contributed by atoms with Crippen LogP contribution in [0.5, 0.6) is 0 Å². The topological polar surface area (TPSA) is 73.5 Å². The summed E-state index contributed by atoms with van der Waals surface area (Å²) in [6.45, 7) is 5.43. The summed E-state index contributed by atoms with van der Waals surface area (Å²) in [6.07, 6.45) is 9.20. The SMILES string of the molecule is C=CCNC(=O)NC1CCN(C(=O)NC2CCCCC2)CC1. The maximum atomic E-state index is 12.2. The molecule has 0 aromatic rings. The number of carbonyl (C=O) groups is 2. The quantitative estimate of drug-likeness (QED) is 0.695. The van der Waals surface area contributed by atoms with Crippen molar-refractivity contribution >= 4 is 12.1 Å². The molecule has 0 aromatic carbocycles. The second-order valence-corrected chi connectivity index (χ2v) is 6.19. The van der Waals surface area contributed by atoms with E-state index in [9.17, 15) is 9.59 Å². The molecular weight excluding hydrogens is 280 g/mol. The summed E-state index contributed by atoms with van der Waals surface area (Å²) < 4.78 is 0. The van der Waals surface area contributed by atoms with Crippen LogP contribution in [0.2, 0.25) is 0 Å². The summed E-state index contributed by atoms with van der Waals surface area (Å²) in [6, 6.07) is 0.386. The summed E-state index contributed by atoms with van der Waals surface area (Å²) in [5.41, 5.74) is 0. The van der Waals surface area contributed by atoms with E-state index >= 15 is 0 Å². The average molecular weight is 308 g/mol. The Hall–Kier alpha value is -1.72. The van der Waals surface area contributed by atoms with Crippen molar-refractivity contribution in [3.63, 3.8) is 0 Å². The Morgan fingerprint density at radius 3 is 2.27 bits per heavy atom. The highest BCUT2D eigenvalue weighted by molar-refractivity contribution is 5.75. The van der Waals surface area contributed by atoms with Crippen molar-refractivity contribution in [3.8, 4) is 0 Å². The molecule has 2 fully saturated rings. The van der Waals surface area contributed by atoms with E-state index in [1.807, 2.05) is 4.90 Å². The minimum atomic E-state index is -0.162. The largest absolute Gasteiger partial charge is 0.335 e. The van der Waals surface area contributed by atoms with Gasteiger partial charge in [0.05, 0.1) is 0 Å². The zero-order valence-corrected chi connectivity index (χ0v) is 13.3. The molecule has 1 saturated heterocycles.